The largest absolute Gasteiger partial charge is 1.00 e. The first-order valence-corrected chi connectivity index (χ1v) is 11.9. The number of nitrogens with two attached hydrogens (primary N) is 1. The van der Waals surface area contributed by atoms with Crippen molar-refractivity contribution in [1.82, 2.24) is 0 Å². The van der Waals surface area contributed by atoms with Gasteiger partial charge in [-0.1, -0.05) is 32.6 Å². The predicted molar refractivity (Wildman–Crippen MR) is 86.7 cm³/mol. The van der Waals surface area contributed by atoms with Crippen molar-refractivity contribution < 1.29 is 47.0 Å². The van der Waals surface area contributed by atoms with Crippen LogP contribution in [0.5, 0.6) is 0 Å². The molecule has 0 aromatic carbocycles. The van der Waals surface area contributed by atoms with E-state index in [0.29, 0.717) is 6.42 Å². The number of unbranched alkanes of at least 4 members (excludes halogenated alkanes) is 4. The van der Waals surface area contributed by atoms with Crippen LogP contribution in [0.25, 0.3) is 0 Å². The molecule has 0 aliphatic heterocycles. The third-order valence-corrected chi connectivity index (χ3v) is 6.32. The summed E-state index contributed by atoms with van der Waals surface area (Å²) in [4.78, 5) is 10.3. The van der Waals surface area contributed by atoms with Gasteiger partial charge in [0.25, 0.3) is 0 Å². The minimum absolute atomic E-state index is 0. The number of hydrogen-bond donors (Lipinski definition) is 1. The molecule has 1 aliphatic carbocycles. The Morgan fingerprint density at radius 3 is 2.05 bits per heavy atom. The third-order valence-electron chi connectivity index (χ3n) is 3.24. The Bertz CT molecular complexity index is 366. The van der Waals surface area contributed by atoms with Gasteiger partial charge in [0, 0.05) is 6.42 Å². The van der Waals surface area contributed by atoms with Crippen LogP contribution >= 0.6 is 0 Å². The first-order valence-electron chi connectivity index (χ1n) is 7.66. The molecule has 0 atom stereocenters. The van der Waals surface area contributed by atoms with Crippen LogP contribution in [0.3, 0.4) is 0 Å². The second-order valence-electron chi connectivity index (χ2n) is 6.35. The maximum atomic E-state index is 10.3. The third kappa shape index (κ3) is 14.0. The Hall–Kier alpha value is 0.331. The number of hydrogen-bond acceptors (Lipinski definition) is 1. The summed E-state index contributed by atoms with van der Waals surface area (Å²) in [6, 6.07) is 0. The number of amides is 1. The SMILES string of the molecule is CCCCCCCC(N)=O.C[Si](C)(C)C1=[C]([V+2])CC=C1.[Cl-].[Cl-]. The van der Waals surface area contributed by atoms with Gasteiger partial charge in [-0.05, 0) is 6.42 Å². The molecule has 0 aromatic rings. The molecule has 0 saturated heterocycles. The summed E-state index contributed by atoms with van der Waals surface area (Å²) >= 11 is 2.70. The van der Waals surface area contributed by atoms with Crippen LogP contribution in [0.2, 0.25) is 19.6 Å². The van der Waals surface area contributed by atoms with Crippen molar-refractivity contribution in [3.63, 3.8) is 0 Å². The Morgan fingerprint density at radius 2 is 1.73 bits per heavy atom. The predicted octanol–water partition coefficient (Wildman–Crippen LogP) is -1.54. The summed E-state index contributed by atoms with van der Waals surface area (Å²) in [5.74, 6) is -0.170. The van der Waals surface area contributed by atoms with Crippen molar-refractivity contribution in [2.24, 2.45) is 5.73 Å². The maximum absolute atomic E-state index is 10.3. The number of halogens is 2. The Labute approximate surface area is 159 Å². The van der Waals surface area contributed by atoms with Crippen molar-refractivity contribution in [2.75, 3.05) is 0 Å². The van der Waals surface area contributed by atoms with Gasteiger partial charge in [0.05, 0.1) is 0 Å². The van der Waals surface area contributed by atoms with E-state index in [0.717, 1.165) is 12.8 Å². The summed E-state index contributed by atoms with van der Waals surface area (Å²) < 4.78 is 1.53. The minimum Gasteiger partial charge on any atom is -1.00 e. The van der Waals surface area contributed by atoms with Gasteiger partial charge in [-0.3, -0.25) is 4.79 Å². The molecular formula is C16H30Cl2NOSiV. The van der Waals surface area contributed by atoms with Gasteiger partial charge in [0.1, 0.15) is 0 Å². The van der Waals surface area contributed by atoms with Crippen LogP contribution in [0, 0.1) is 0 Å². The summed E-state index contributed by atoms with van der Waals surface area (Å²) in [5, 5.41) is 1.63. The second kappa shape index (κ2) is 14.9. The maximum Gasteiger partial charge on any atom is -1.00 e. The van der Waals surface area contributed by atoms with Crippen LogP contribution in [0.1, 0.15) is 51.9 Å². The van der Waals surface area contributed by atoms with Crippen LogP contribution in [-0.2, 0) is 22.2 Å². The van der Waals surface area contributed by atoms with Gasteiger partial charge < -0.3 is 30.5 Å². The summed E-state index contributed by atoms with van der Waals surface area (Å²) in [6.45, 7) is 9.36. The first-order chi connectivity index (χ1) is 9.29. The summed E-state index contributed by atoms with van der Waals surface area (Å²) in [5.41, 5.74) is 4.97. The van der Waals surface area contributed by atoms with Crippen molar-refractivity contribution in [3.05, 3.63) is 21.6 Å². The molecule has 0 aromatic heterocycles. The van der Waals surface area contributed by atoms with Crippen LogP contribution < -0.4 is 30.5 Å². The number of allylic oxidation sites excluding steroid dienone is 4. The number of primary amides is 1. The molecule has 1 rings (SSSR count). The normalized spacial score (nSPS) is 12.9. The average Bonchev–Trinajstić information content (AvgIpc) is 2.75. The molecule has 22 heavy (non-hydrogen) atoms. The van der Waals surface area contributed by atoms with Crippen molar-refractivity contribution in [1.29, 1.82) is 0 Å². The minimum atomic E-state index is -1.01. The molecule has 0 fully saturated rings. The van der Waals surface area contributed by atoms with Crippen LogP contribution in [-0.4, -0.2) is 14.0 Å². The standard InChI is InChI=1S/C8H17NO.C8H13Si.2ClH.V/c1-2-3-4-5-6-7-8(9)10;1-9(2,3)8-6-4-5-7-8;;;/h2-7H2,1H3,(H2,9,10);4,6H,5H2,1-3H3;2*1H;/q;;;;+2/p-2. The summed E-state index contributed by atoms with van der Waals surface area (Å²) in [7, 11) is -1.01. The average molecular weight is 402 g/mol. The molecule has 6 heteroatoms. The number of rotatable bonds is 7. The quantitative estimate of drug-likeness (QED) is 0.408. The molecule has 0 spiro atoms. The van der Waals surface area contributed by atoms with E-state index in [-0.39, 0.29) is 30.7 Å². The number of carbonyl (C=O) groups is 1. The zero-order valence-electron chi connectivity index (χ0n) is 14.3. The van der Waals surface area contributed by atoms with Crippen molar-refractivity contribution in [2.45, 2.75) is 71.5 Å². The zero-order valence-corrected chi connectivity index (χ0v) is 18.2. The van der Waals surface area contributed by atoms with Gasteiger partial charge in [-0.2, -0.15) is 0 Å². The van der Waals surface area contributed by atoms with E-state index in [2.05, 4.69) is 56.1 Å². The Morgan fingerprint density at radius 1 is 1.18 bits per heavy atom. The molecule has 0 heterocycles. The fourth-order valence-corrected chi connectivity index (χ4v) is 5.52. The van der Waals surface area contributed by atoms with Gasteiger partial charge in [0.2, 0.25) is 5.91 Å². The van der Waals surface area contributed by atoms with E-state index < -0.39 is 8.07 Å². The van der Waals surface area contributed by atoms with Gasteiger partial charge >= 0.3 is 73.2 Å². The first kappa shape index (κ1) is 27.2. The van der Waals surface area contributed by atoms with E-state index in [4.69, 9.17) is 5.73 Å². The fraction of sp³-hybridized carbons (Fsp3) is 0.688. The molecular weight excluding hydrogens is 372 g/mol. The zero-order chi connectivity index (χ0) is 15.6. The molecule has 1 aliphatic rings. The van der Waals surface area contributed by atoms with E-state index in [1.165, 1.54) is 30.0 Å². The molecule has 0 radical (unpaired) electrons. The topological polar surface area (TPSA) is 43.1 Å². The van der Waals surface area contributed by atoms with Gasteiger partial charge in [0.15, 0.2) is 0 Å². The molecule has 0 unspecified atom stereocenters. The van der Waals surface area contributed by atoms with Crippen molar-refractivity contribution >= 4 is 14.0 Å². The van der Waals surface area contributed by atoms with Crippen LogP contribution in [0.15, 0.2) is 21.6 Å². The van der Waals surface area contributed by atoms with E-state index >= 15 is 0 Å². The molecule has 128 valence electrons. The van der Waals surface area contributed by atoms with Crippen molar-refractivity contribution in [3.8, 4) is 0 Å². The molecule has 0 saturated carbocycles. The Kier molecular flexibility index (Phi) is 18.4. The van der Waals surface area contributed by atoms with Gasteiger partial charge in [-0.15, -0.1) is 0 Å². The van der Waals surface area contributed by atoms with Gasteiger partial charge in [-0.25, -0.2) is 0 Å². The molecule has 2 nitrogen and oxygen atoms in total. The second-order valence-corrected chi connectivity index (χ2v) is 12.2. The molecule has 2 N–H and O–H groups in total. The Balaban J connectivity index is -0.000000301. The smallest absolute Gasteiger partial charge is 1.00 e. The fourth-order valence-electron chi connectivity index (χ4n) is 2.08. The van der Waals surface area contributed by atoms with Crippen LogP contribution in [0.4, 0.5) is 0 Å². The van der Waals surface area contributed by atoms with E-state index in [9.17, 15) is 4.79 Å². The summed E-state index contributed by atoms with van der Waals surface area (Å²) in [6.07, 6.45) is 12.2. The molecule has 0 bridgehead atoms. The molecule has 1 amide bonds. The number of carbonyl (C=O) groups excluding carboxylic acids is 1. The van der Waals surface area contributed by atoms with E-state index in [1.807, 2.05) is 0 Å². The van der Waals surface area contributed by atoms with E-state index in [1.54, 1.807) is 5.20 Å². The monoisotopic (exact) mass is 401 g/mol.